The van der Waals surface area contributed by atoms with Crippen LogP contribution in [0.4, 0.5) is 0 Å². The molecule has 9 heteroatoms. The van der Waals surface area contributed by atoms with Crippen molar-refractivity contribution in [3.05, 3.63) is 93.7 Å². The van der Waals surface area contributed by atoms with Gasteiger partial charge in [-0.1, -0.05) is 52.0 Å². The van der Waals surface area contributed by atoms with Crippen LogP contribution in [0.5, 0.6) is 11.5 Å². The molecule has 0 saturated carbocycles. The molecule has 1 heterocycles. The van der Waals surface area contributed by atoms with E-state index in [4.69, 9.17) is 9.47 Å². The summed E-state index contributed by atoms with van der Waals surface area (Å²) in [6, 6.07) is 21.4. The molecular weight excluding hydrogens is 528 g/mol. The van der Waals surface area contributed by atoms with E-state index in [2.05, 4.69) is 49.6 Å². The molecule has 0 fully saturated rings. The number of methoxy groups -OCH3 is 2. The lowest BCUT2D eigenvalue weighted by Crippen LogP contribution is -2.24. The molecule has 0 aliphatic carbocycles. The molecule has 0 unspecified atom stereocenters. The van der Waals surface area contributed by atoms with Crippen molar-refractivity contribution in [2.24, 2.45) is 0 Å². The number of carbonyl (C=O) groups is 1. The average Bonchev–Trinajstić information content (AvgIpc) is 3.29. The third-order valence-corrected chi connectivity index (χ3v) is 6.79. The first-order valence-corrected chi connectivity index (χ1v) is 12.6. The highest BCUT2D eigenvalue weighted by Gasteiger charge is 2.17. The summed E-state index contributed by atoms with van der Waals surface area (Å²) in [6.07, 6.45) is 0. The van der Waals surface area contributed by atoms with Gasteiger partial charge in [0, 0.05) is 27.5 Å². The molecule has 0 aliphatic rings. The van der Waals surface area contributed by atoms with Gasteiger partial charge in [0.05, 0.1) is 20.8 Å². The first kappa shape index (κ1) is 24.8. The summed E-state index contributed by atoms with van der Waals surface area (Å²) < 4.78 is 13.6. The highest BCUT2D eigenvalue weighted by molar-refractivity contribution is 9.10. The number of halogens is 1. The number of benzene rings is 3. The van der Waals surface area contributed by atoms with Crippen molar-refractivity contribution < 1.29 is 14.3 Å². The lowest BCUT2D eigenvalue weighted by atomic mass is 10.2. The Hall–Kier alpha value is -3.30. The number of amides is 1. The normalized spacial score (nSPS) is 10.7. The van der Waals surface area contributed by atoms with Crippen molar-refractivity contribution in [2.75, 3.05) is 14.2 Å². The minimum atomic E-state index is -0.259. The number of thioether (sulfide) groups is 1. The summed E-state index contributed by atoms with van der Waals surface area (Å²) in [6.45, 7) is 2.25. The van der Waals surface area contributed by atoms with Crippen LogP contribution >= 0.6 is 27.7 Å². The Morgan fingerprint density at radius 2 is 1.71 bits per heavy atom. The van der Waals surface area contributed by atoms with Gasteiger partial charge >= 0.3 is 0 Å². The van der Waals surface area contributed by atoms with E-state index in [1.165, 1.54) is 5.56 Å². The number of carbonyl (C=O) groups excluding carboxylic acids is 1. The summed E-state index contributed by atoms with van der Waals surface area (Å²) in [4.78, 5) is 12.9. The number of ether oxygens (including phenoxy) is 2. The fourth-order valence-electron chi connectivity index (χ4n) is 3.46. The lowest BCUT2D eigenvalue weighted by molar-refractivity contribution is 0.0949. The molecular formula is C26H25BrN4O3S. The minimum absolute atomic E-state index is 0.206. The molecule has 0 spiro atoms. The molecule has 0 atom stereocenters. The van der Waals surface area contributed by atoms with Crippen LogP contribution in [0.15, 0.2) is 76.4 Å². The fourth-order valence-corrected chi connectivity index (χ4v) is 4.65. The summed E-state index contributed by atoms with van der Waals surface area (Å²) >= 11 is 5.07. The molecule has 0 radical (unpaired) electrons. The van der Waals surface area contributed by atoms with E-state index in [-0.39, 0.29) is 12.5 Å². The Labute approximate surface area is 217 Å². The van der Waals surface area contributed by atoms with Crippen LogP contribution in [0.1, 0.15) is 27.3 Å². The van der Waals surface area contributed by atoms with Crippen molar-refractivity contribution >= 4 is 33.6 Å². The zero-order valence-corrected chi connectivity index (χ0v) is 22.0. The van der Waals surface area contributed by atoms with E-state index in [0.717, 1.165) is 26.6 Å². The van der Waals surface area contributed by atoms with Gasteiger partial charge in [-0.15, -0.1) is 10.2 Å². The predicted octanol–water partition coefficient (Wildman–Crippen LogP) is 5.58. The van der Waals surface area contributed by atoms with Crippen molar-refractivity contribution in [3.8, 4) is 17.2 Å². The van der Waals surface area contributed by atoms with Crippen LogP contribution in [0.3, 0.4) is 0 Å². The van der Waals surface area contributed by atoms with Gasteiger partial charge in [0.15, 0.2) is 11.0 Å². The topological polar surface area (TPSA) is 78.3 Å². The van der Waals surface area contributed by atoms with E-state index in [9.17, 15) is 4.79 Å². The Kier molecular flexibility index (Phi) is 8.09. The van der Waals surface area contributed by atoms with Crippen molar-refractivity contribution in [1.82, 2.24) is 20.1 Å². The van der Waals surface area contributed by atoms with Crippen molar-refractivity contribution in [3.63, 3.8) is 0 Å². The van der Waals surface area contributed by atoms with E-state index in [1.807, 2.05) is 41.8 Å². The highest BCUT2D eigenvalue weighted by atomic mass is 79.9. The number of hydrogen-bond donors (Lipinski definition) is 1. The minimum Gasteiger partial charge on any atom is -0.497 e. The maximum Gasteiger partial charge on any atom is 0.251 e. The predicted molar refractivity (Wildman–Crippen MR) is 141 cm³/mol. The van der Waals surface area contributed by atoms with Gasteiger partial charge < -0.3 is 14.8 Å². The van der Waals surface area contributed by atoms with Crippen LogP contribution in [0.25, 0.3) is 5.69 Å². The smallest absolute Gasteiger partial charge is 0.251 e. The Morgan fingerprint density at radius 3 is 2.37 bits per heavy atom. The first-order valence-electron chi connectivity index (χ1n) is 10.9. The quantitative estimate of drug-likeness (QED) is 0.273. The van der Waals surface area contributed by atoms with E-state index in [1.54, 1.807) is 44.2 Å². The Bertz CT molecular complexity index is 1300. The maximum absolute atomic E-state index is 12.9. The number of hydrogen-bond acceptors (Lipinski definition) is 6. The van der Waals surface area contributed by atoms with Gasteiger partial charge in [-0.05, 0) is 54.4 Å². The molecule has 180 valence electrons. The monoisotopic (exact) mass is 552 g/mol. The fraction of sp³-hybridized carbons (Fsp3) is 0.192. The van der Waals surface area contributed by atoms with E-state index in [0.29, 0.717) is 22.9 Å². The van der Waals surface area contributed by atoms with Crippen molar-refractivity contribution in [2.45, 2.75) is 24.4 Å². The Morgan fingerprint density at radius 1 is 1.00 bits per heavy atom. The molecule has 4 rings (SSSR count). The summed E-state index contributed by atoms with van der Waals surface area (Å²) in [5.74, 6) is 2.21. The second kappa shape index (κ2) is 11.4. The maximum atomic E-state index is 12.9. The first-order chi connectivity index (χ1) is 17.0. The van der Waals surface area contributed by atoms with Gasteiger partial charge in [-0.25, -0.2) is 0 Å². The standard InChI is InChI=1S/C26H25BrN4O3S/c1-17-5-4-6-21(11-17)31-24(29-30-26(31)35-16-18-7-9-20(27)10-8-18)15-28-25(32)19-12-22(33-2)14-23(13-19)34-3/h4-14H,15-16H2,1-3H3,(H,28,32). The van der Waals surface area contributed by atoms with Gasteiger partial charge in [-0.2, -0.15) is 0 Å². The number of aromatic nitrogens is 3. The molecule has 0 aliphatic heterocycles. The number of nitrogens with one attached hydrogen (secondary N) is 1. The van der Waals surface area contributed by atoms with Crippen LogP contribution in [0, 0.1) is 6.92 Å². The molecule has 1 N–H and O–H groups in total. The highest BCUT2D eigenvalue weighted by Crippen LogP contribution is 2.27. The summed E-state index contributed by atoms with van der Waals surface area (Å²) in [7, 11) is 3.10. The molecule has 0 bridgehead atoms. The molecule has 35 heavy (non-hydrogen) atoms. The van der Waals surface area contributed by atoms with Gasteiger partial charge in [-0.3, -0.25) is 9.36 Å². The molecule has 0 saturated heterocycles. The molecule has 1 aromatic heterocycles. The lowest BCUT2D eigenvalue weighted by Gasteiger charge is -2.12. The molecule has 4 aromatic rings. The molecule has 3 aromatic carbocycles. The van der Waals surface area contributed by atoms with Gasteiger partial charge in [0.1, 0.15) is 11.5 Å². The average molecular weight is 553 g/mol. The van der Waals surface area contributed by atoms with Crippen molar-refractivity contribution in [1.29, 1.82) is 0 Å². The second-order valence-corrected chi connectivity index (χ2v) is 9.63. The number of nitrogens with zero attached hydrogens (tertiary/aromatic N) is 3. The second-order valence-electron chi connectivity index (χ2n) is 7.77. The molecule has 7 nitrogen and oxygen atoms in total. The van der Waals surface area contributed by atoms with Crippen LogP contribution in [0.2, 0.25) is 0 Å². The summed E-state index contributed by atoms with van der Waals surface area (Å²) in [5.41, 5.74) is 3.69. The SMILES string of the molecule is COc1cc(OC)cc(C(=O)NCc2nnc(SCc3ccc(Br)cc3)n2-c2cccc(C)c2)c1. The summed E-state index contributed by atoms with van der Waals surface area (Å²) in [5, 5.41) is 12.5. The van der Waals surface area contributed by atoms with E-state index >= 15 is 0 Å². The molecule has 1 amide bonds. The third-order valence-electron chi connectivity index (χ3n) is 5.26. The van der Waals surface area contributed by atoms with Crippen LogP contribution in [-0.2, 0) is 12.3 Å². The Balaban J connectivity index is 1.57. The van der Waals surface area contributed by atoms with Crippen LogP contribution in [-0.4, -0.2) is 34.9 Å². The number of rotatable bonds is 9. The van der Waals surface area contributed by atoms with E-state index < -0.39 is 0 Å². The number of aryl methyl sites for hydroxylation is 1. The zero-order chi connectivity index (χ0) is 24.8. The third kappa shape index (κ3) is 6.23. The van der Waals surface area contributed by atoms with Gasteiger partial charge in [0.25, 0.3) is 5.91 Å². The zero-order valence-electron chi connectivity index (χ0n) is 19.6. The van der Waals surface area contributed by atoms with Gasteiger partial charge in [0.2, 0.25) is 0 Å². The largest absolute Gasteiger partial charge is 0.497 e. The van der Waals surface area contributed by atoms with Crippen LogP contribution < -0.4 is 14.8 Å².